The van der Waals surface area contributed by atoms with E-state index in [1.54, 1.807) is 0 Å². The topological polar surface area (TPSA) is 49.6 Å². The van der Waals surface area contributed by atoms with Gasteiger partial charge in [0.2, 0.25) is 5.91 Å². The number of nitrogens with two attached hydrogens (primary N) is 1. The molecule has 18 heavy (non-hydrogen) atoms. The summed E-state index contributed by atoms with van der Waals surface area (Å²) in [4.78, 5) is 17.0. The molecule has 0 aromatic rings. The highest BCUT2D eigenvalue weighted by Crippen LogP contribution is 2.28. The van der Waals surface area contributed by atoms with Gasteiger partial charge in [-0.2, -0.15) is 0 Å². The van der Waals surface area contributed by atoms with Gasteiger partial charge in [0.1, 0.15) is 0 Å². The Balaban J connectivity index is 1.97. The molecule has 2 aliphatic rings. The lowest BCUT2D eigenvalue weighted by molar-refractivity contribution is -0.141. The maximum Gasteiger partial charge on any atom is 0.242 e. The number of carbonyl (C=O) groups excluding carboxylic acids is 1. The molecule has 0 aromatic carbocycles. The summed E-state index contributed by atoms with van der Waals surface area (Å²) in [6.45, 7) is 8.12. The van der Waals surface area contributed by atoms with E-state index in [0.717, 1.165) is 51.9 Å². The van der Waals surface area contributed by atoms with Crippen LogP contribution in [0.15, 0.2) is 0 Å². The molecule has 2 rings (SSSR count). The smallest absolute Gasteiger partial charge is 0.242 e. The molecular weight excluding hydrogens is 226 g/mol. The van der Waals surface area contributed by atoms with Crippen LogP contribution < -0.4 is 5.73 Å². The van der Waals surface area contributed by atoms with Crippen molar-refractivity contribution in [1.29, 1.82) is 0 Å². The molecular formula is C14H27N3O. The fourth-order valence-corrected chi connectivity index (χ4v) is 3.36. The quantitative estimate of drug-likeness (QED) is 0.804. The van der Waals surface area contributed by atoms with Crippen LogP contribution in [0.2, 0.25) is 0 Å². The lowest BCUT2D eigenvalue weighted by atomic mass is 9.81. The van der Waals surface area contributed by atoms with Crippen molar-refractivity contribution in [3.63, 3.8) is 0 Å². The normalized spacial score (nSPS) is 29.3. The van der Waals surface area contributed by atoms with Gasteiger partial charge in [-0.1, -0.05) is 26.2 Å². The standard InChI is InChI=1S/C14H27N3O/c1-3-16-9-10-17(11-12(16)2)13(18)14(15)7-5-4-6-8-14/h12H,3-11,15H2,1-2H3. The zero-order valence-corrected chi connectivity index (χ0v) is 11.8. The van der Waals surface area contributed by atoms with Gasteiger partial charge in [0.15, 0.2) is 0 Å². The molecule has 104 valence electrons. The Bertz CT molecular complexity index is 299. The Kier molecular flexibility index (Phi) is 4.28. The predicted octanol–water partition coefficient (Wildman–Crippen LogP) is 1.20. The maximum absolute atomic E-state index is 12.6. The summed E-state index contributed by atoms with van der Waals surface area (Å²) in [7, 11) is 0. The van der Waals surface area contributed by atoms with E-state index >= 15 is 0 Å². The first-order chi connectivity index (χ1) is 8.57. The van der Waals surface area contributed by atoms with E-state index in [1.165, 1.54) is 6.42 Å². The molecule has 1 heterocycles. The van der Waals surface area contributed by atoms with E-state index in [2.05, 4.69) is 18.7 Å². The Labute approximate surface area is 110 Å². The van der Waals surface area contributed by atoms with Crippen molar-refractivity contribution in [3.05, 3.63) is 0 Å². The molecule has 2 fully saturated rings. The zero-order valence-electron chi connectivity index (χ0n) is 11.8. The van der Waals surface area contributed by atoms with E-state index in [0.29, 0.717) is 6.04 Å². The highest BCUT2D eigenvalue weighted by molar-refractivity contribution is 5.86. The van der Waals surface area contributed by atoms with Gasteiger partial charge in [-0.3, -0.25) is 9.69 Å². The second kappa shape index (κ2) is 5.57. The molecule has 4 nitrogen and oxygen atoms in total. The fourth-order valence-electron chi connectivity index (χ4n) is 3.36. The van der Waals surface area contributed by atoms with Gasteiger partial charge < -0.3 is 10.6 Å². The second-order valence-corrected chi connectivity index (χ2v) is 5.95. The molecule has 1 aliphatic heterocycles. The van der Waals surface area contributed by atoms with Crippen LogP contribution in [0.5, 0.6) is 0 Å². The average Bonchev–Trinajstić information content (AvgIpc) is 2.38. The summed E-state index contributed by atoms with van der Waals surface area (Å²) < 4.78 is 0. The minimum Gasteiger partial charge on any atom is -0.338 e. The number of carbonyl (C=O) groups is 1. The molecule has 0 radical (unpaired) electrons. The van der Waals surface area contributed by atoms with Gasteiger partial charge in [0.05, 0.1) is 5.54 Å². The fraction of sp³-hybridized carbons (Fsp3) is 0.929. The van der Waals surface area contributed by atoms with Crippen molar-refractivity contribution in [1.82, 2.24) is 9.80 Å². The summed E-state index contributed by atoms with van der Waals surface area (Å²) in [5.41, 5.74) is 5.78. The molecule has 2 N–H and O–H groups in total. The monoisotopic (exact) mass is 253 g/mol. The van der Waals surface area contributed by atoms with Crippen molar-refractivity contribution in [3.8, 4) is 0 Å². The highest BCUT2D eigenvalue weighted by Gasteiger charge is 2.39. The Morgan fingerprint density at radius 2 is 1.94 bits per heavy atom. The molecule has 0 spiro atoms. The Hall–Kier alpha value is -0.610. The van der Waals surface area contributed by atoms with Gasteiger partial charge in [0, 0.05) is 25.7 Å². The third-order valence-corrected chi connectivity index (χ3v) is 4.63. The third kappa shape index (κ3) is 2.69. The van der Waals surface area contributed by atoms with Crippen molar-refractivity contribution in [2.75, 3.05) is 26.2 Å². The van der Waals surface area contributed by atoms with E-state index in [9.17, 15) is 4.79 Å². The van der Waals surface area contributed by atoms with Crippen molar-refractivity contribution in [2.24, 2.45) is 5.73 Å². The lowest BCUT2D eigenvalue weighted by Gasteiger charge is -2.43. The van der Waals surface area contributed by atoms with E-state index in [1.807, 2.05) is 4.90 Å². The summed E-state index contributed by atoms with van der Waals surface area (Å²) >= 11 is 0. The van der Waals surface area contributed by atoms with Crippen molar-refractivity contribution >= 4 is 5.91 Å². The Morgan fingerprint density at radius 3 is 2.50 bits per heavy atom. The first kappa shape index (κ1) is 13.8. The number of likely N-dealkylation sites (N-methyl/N-ethyl adjacent to an activating group) is 1. The first-order valence-electron chi connectivity index (χ1n) is 7.39. The predicted molar refractivity (Wildman–Crippen MR) is 73.3 cm³/mol. The highest BCUT2D eigenvalue weighted by atomic mass is 16.2. The van der Waals surface area contributed by atoms with Crippen LogP contribution in [0.1, 0.15) is 46.0 Å². The first-order valence-corrected chi connectivity index (χ1v) is 7.39. The van der Waals surface area contributed by atoms with Gasteiger partial charge >= 0.3 is 0 Å². The molecule has 1 atom stereocenters. The number of hydrogen-bond acceptors (Lipinski definition) is 3. The van der Waals surface area contributed by atoms with Crippen molar-refractivity contribution in [2.45, 2.75) is 57.5 Å². The number of hydrogen-bond donors (Lipinski definition) is 1. The van der Waals surface area contributed by atoms with Crippen LogP contribution in [0.25, 0.3) is 0 Å². The van der Waals surface area contributed by atoms with Crippen LogP contribution in [-0.4, -0.2) is 53.5 Å². The summed E-state index contributed by atoms with van der Waals surface area (Å²) in [5, 5.41) is 0. The van der Waals surface area contributed by atoms with Gasteiger partial charge in [-0.05, 0) is 26.3 Å². The summed E-state index contributed by atoms with van der Waals surface area (Å²) in [6.07, 6.45) is 5.17. The van der Waals surface area contributed by atoms with Crippen LogP contribution in [0.3, 0.4) is 0 Å². The molecule has 4 heteroatoms. The maximum atomic E-state index is 12.6. The van der Waals surface area contributed by atoms with Crippen LogP contribution in [0.4, 0.5) is 0 Å². The van der Waals surface area contributed by atoms with Crippen LogP contribution >= 0.6 is 0 Å². The average molecular weight is 253 g/mol. The van der Waals surface area contributed by atoms with Gasteiger partial charge in [-0.15, -0.1) is 0 Å². The number of amides is 1. The molecule has 0 bridgehead atoms. The number of nitrogens with zero attached hydrogens (tertiary/aromatic N) is 2. The molecule has 1 amide bonds. The summed E-state index contributed by atoms with van der Waals surface area (Å²) in [5.74, 6) is 0.199. The summed E-state index contributed by atoms with van der Waals surface area (Å²) in [6, 6.07) is 0.458. The van der Waals surface area contributed by atoms with Crippen LogP contribution in [-0.2, 0) is 4.79 Å². The molecule has 0 aromatic heterocycles. The lowest BCUT2D eigenvalue weighted by Crippen LogP contribution is -2.61. The zero-order chi connectivity index (χ0) is 13.2. The Morgan fingerprint density at radius 1 is 1.28 bits per heavy atom. The van der Waals surface area contributed by atoms with E-state index in [-0.39, 0.29) is 5.91 Å². The number of piperazine rings is 1. The largest absolute Gasteiger partial charge is 0.338 e. The van der Waals surface area contributed by atoms with Crippen LogP contribution in [0, 0.1) is 0 Å². The SMILES string of the molecule is CCN1CCN(C(=O)C2(N)CCCCC2)CC1C. The van der Waals surface area contributed by atoms with E-state index < -0.39 is 5.54 Å². The molecule has 1 saturated heterocycles. The number of rotatable bonds is 2. The van der Waals surface area contributed by atoms with Crippen molar-refractivity contribution < 1.29 is 4.79 Å². The molecule has 1 aliphatic carbocycles. The second-order valence-electron chi connectivity index (χ2n) is 5.95. The van der Waals surface area contributed by atoms with Gasteiger partial charge in [0.25, 0.3) is 0 Å². The van der Waals surface area contributed by atoms with Gasteiger partial charge in [-0.25, -0.2) is 0 Å². The molecule has 1 unspecified atom stereocenters. The third-order valence-electron chi connectivity index (χ3n) is 4.63. The minimum atomic E-state index is -0.563. The van der Waals surface area contributed by atoms with E-state index in [4.69, 9.17) is 5.73 Å². The minimum absolute atomic E-state index is 0.199. The molecule has 1 saturated carbocycles.